The molecule has 7 heteroatoms. The maximum atomic E-state index is 13.1. The zero-order valence-corrected chi connectivity index (χ0v) is 11.0. The quantitative estimate of drug-likeness (QED) is 0.807. The molecule has 2 heterocycles. The molecule has 1 aromatic carbocycles. The van der Waals surface area contributed by atoms with Gasteiger partial charge in [-0.15, -0.1) is 11.3 Å². The minimum atomic E-state index is -1.04. The van der Waals surface area contributed by atoms with E-state index >= 15 is 0 Å². The SMILES string of the molecule is O=C(NCc1csc2nccn12)c1ccc(F)c(F)c1. The molecule has 0 radical (unpaired) electrons. The molecule has 0 aliphatic rings. The molecule has 4 nitrogen and oxygen atoms in total. The van der Waals surface area contributed by atoms with Gasteiger partial charge in [-0.25, -0.2) is 13.8 Å². The summed E-state index contributed by atoms with van der Waals surface area (Å²) in [5.41, 5.74) is 0.958. The van der Waals surface area contributed by atoms with Crippen molar-refractivity contribution in [1.29, 1.82) is 0 Å². The molecule has 2 aromatic heterocycles. The van der Waals surface area contributed by atoms with Crippen molar-refractivity contribution in [3.05, 3.63) is 58.9 Å². The minimum absolute atomic E-state index is 0.0843. The van der Waals surface area contributed by atoms with Crippen LogP contribution < -0.4 is 5.32 Å². The summed E-state index contributed by atoms with van der Waals surface area (Å²) in [6, 6.07) is 3.06. The summed E-state index contributed by atoms with van der Waals surface area (Å²) in [5, 5.41) is 4.54. The number of imidazole rings is 1. The first kappa shape index (κ1) is 12.7. The molecule has 0 spiro atoms. The van der Waals surface area contributed by atoms with E-state index in [4.69, 9.17) is 0 Å². The lowest BCUT2D eigenvalue weighted by Crippen LogP contribution is -2.23. The summed E-state index contributed by atoms with van der Waals surface area (Å²) in [6.07, 6.45) is 3.47. The van der Waals surface area contributed by atoms with Crippen LogP contribution >= 0.6 is 11.3 Å². The van der Waals surface area contributed by atoms with E-state index in [2.05, 4.69) is 10.3 Å². The molecule has 0 atom stereocenters. The number of thiazole rings is 1. The Morgan fingerprint density at radius 1 is 1.35 bits per heavy atom. The Kier molecular flexibility index (Phi) is 3.19. The van der Waals surface area contributed by atoms with Gasteiger partial charge in [-0.1, -0.05) is 0 Å². The summed E-state index contributed by atoms with van der Waals surface area (Å²) in [7, 11) is 0. The molecule has 102 valence electrons. The largest absolute Gasteiger partial charge is 0.346 e. The van der Waals surface area contributed by atoms with Crippen LogP contribution in [0.15, 0.2) is 36.0 Å². The number of hydrogen-bond acceptors (Lipinski definition) is 3. The van der Waals surface area contributed by atoms with Crippen LogP contribution in [0.3, 0.4) is 0 Å². The van der Waals surface area contributed by atoms with Crippen LogP contribution in [0.1, 0.15) is 16.1 Å². The second-order valence-corrected chi connectivity index (χ2v) is 4.95. The monoisotopic (exact) mass is 293 g/mol. The molecule has 0 aliphatic heterocycles. The van der Waals surface area contributed by atoms with Gasteiger partial charge in [0.2, 0.25) is 0 Å². The van der Waals surface area contributed by atoms with Gasteiger partial charge in [0.25, 0.3) is 5.91 Å². The topological polar surface area (TPSA) is 46.4 Å². The molecule has 0 unspecified atom stereocenters. The van der Waals surface area contributed by atoms with E-state index in [1.54, 1.807) is 12.4 Å². The average molecular weight is 293 g/mol. The second-order valence-electron chi connectivity index (χ2n) is 4.12. The molecule has 0 fully saturated rings. The summed E-state index contributed by atoms with van der Waals surface area (Å²) < 4.78 is 27.7. The number of fused-ring (bicyclic) bond motifs is 1. The van der Waals surface area contributed by atoms with Gasteiger partial charge in [0.05, 0.1) is 12.2 Å². The van der Waals surface area contributed by atoms with Crippen molar-refractivity contribution in [2.24, 2.45) is 0 Å². The number of rotatable bonds is 3. The van der Waals surface area contributed by atoms with Crippen LogP contribution in [0, 0.1) is 11.6 Å². The number of carbonyl (C=O) groups excluding carboxylic acids is 1. The summed E-state index contributed by atoms with van der Waals surface area (Å²) in [5.74, 6) is -2.46. The van der Waals surface area contributed by atoms with E-state index in [1.807, 2.05) is 9.78 Å². The second kappa shape index (κ2) is 5.01. The number of nitrogens with zero attached hydrogens (tertiary/aromatic N) is 2. The van der Waals surface area contributed by atoms with E-state index < -0.39 is 17.5 Å². The fourth-order valence-electron chi connectivity index (χ4n) is 1.81. The number of hydrogen-bond donors (Lipinski definition) is 1. The molecule has 0 aliphatic carbocycles. The van der Waals surface area contributed by atoms with Crippen LogP contribution in [0.25, 0.3) is 4.96 Å². The third kappa shape index (κ3) is 2.27. The minimum Gasteiger partial charge on any atom is -0.346 e. The summed E-state index contributed by atoms with van der Waals surface area (Å²) in [4.78, 5) is 16.8. The van der Waals surface area contributed by atoms with Crippen molar-refractivity contribution in [3.63, 3.8) is 0 Å². The van der Waals surface area contributed by atoms with Gasteiger partial charge in [0, 0.05) is 23.3 Å². The first-order chi connectivity index (χ1) is 9.65. The summed E-state index contributed by atoms with van der Waals surface area (Å²) in [6.45, 7) is 0.286. The number of benzene rings is 1. The van der Waals surface area contributed by atoms with Crippen LogP contribution in [0.5, 0.6) is 0 Å². The maximum absolute atomic E-state index is 13.1. The van der Waals surface area contributed by atoms with Gasteiger partial charge in [-0.3, -0.25) is 9.20 Å². The lowest BCUT2D eigenvalue weighted by Gasteiger charge is -2.05. The van der Waals surface area contributed by atoms with Crippen molar-refractivity contribution in [2.75, 3.05) is 0 Å². The first-order valence-electron chi connectivity index (χ1n) is 5.78. The highest BCUT2D eigenvalue weighted by Crippen LogP contribution is 2.14. The third-order valence-electron chi connectivity index (χ3n) is 2.83. The van der Waals surface area contributed by atoms with Crippen molar-refractivity contribution >= 4 is 22.2 Å². The van der Waals surface area contributed by atoms with Crippen molar-refractivity contribution in [3.8, 4) is 0 Å². The molecule has 0 saturated heterocycles. The van der Waals surface area contributed by atoms with Gasteiger partial charge in [0.1, 0.15) is 0 Å². The van der Waals surface area contributed by atoms with Gasteiger partial charge < -0.3 is 5.32 Å². The smallest absolute Gasteiger partial charge is 0.251 e. The predicted molar refractivity (Wildman–Crippen MR) is 70.6 cm³/mol. The van der Waals surface area contributed by atoms with Crippen molar-refractivity contribution in [1.82, 2.24) is 14.7 Å². The fourth-order valence-corrected chi connectivity index (χ4v) is 2.66. The molecular formula is C13H9F2N3OS. The lowest BCUT2D eigenvalue weighted by molar-refractivity contribution is 0.0950. The Morgan fingerprint density at radius 2 is 2.20 bits per heavy atom. The molecule has 20 heavy (non-hydrogen) atoms. The normalized spacial score (nSPS) is 10.9. The number of nitrogens with one attached hydrogen (secondary N) is 1. The highest BCUT2D eigenvalue weighted by molar-refractivity contribution is 7.15. The highest BCUT2D eigenvalue weighted by Gasteiger charge is 2.10. The van der Waals surface area contributed by atoms with E-state index in [9.17, 15) is 13.6 Å². The Labute approximate surface area is 116 Å². The van der Waals surface area contributed by atoms with E-state index in [1.165, 1.54) is 17.4 Å². The van der Waals surface area contributed by atoms with Crippen molar-refractivity contribution < 1.29 is 13.6 Å². The van der Waals surface area contributed by atoms with E-state index in [-0.39, 0.29) is 12.1 Å². The number of aromatic nitrogens is 2. The zero-order chi connectivity index (χ0) is 14.1. The van der Waals surface area contributed by atoms with Crippen molar-refractivity contribution in [2.45, 2.75) is 6.54 Å². The highest BCUT2D eigenvalue weighted by atomic mass is 32.1. The molecule has 1 N–H and O–H groups in total. The molecule has 3 rings (SSSR count). The van der Waals surface area contributed by atoms with Crippen LogP contribution in [-0.2, 0) is 6.54 Å². The standard InChI is InChI=1S/C13H9F2N3OS/c14-10-2-1-8(5-11(10)15)12(19)17-6-9-7-20-13-16-3-4-18(9)13/h1-5,7H,6H2,(H,17,19). The Morgan fingerprint density at radius 3 is 3.00 bits per heavy atom. The van der Waals surface area contributed by atoms with Gasteiger partial charge in [-0.2, -0.15) is 0 Å². The number of halogens is 2. The van der Waals surface area contributed by atoms with Gasteiger partial charge in [-0.05, 0) is 18.2 Å². The average Bonchev–Trinajstić information content (AvgIpc) is 3.02. The maximum Gasteiger partial charge on any atom is 0.251 e. The molecule has 1 amide bonds. The molecular weight excluding hydrogens is 284 g/mol. The predicted octanol–water partition coefficient (Wildman–Crippen LogP) is 2.60. The first-order valence-corrected chi connectivity index (χ1v) is 6.66. The Bertz CT molecular complexity index is 781. The van der Waals surface area contributed by atoms with Crippen LogP contribution in [0.4, 0.5) is 8.78 Å². The molecule has 3 aromatic rings. The molecule has 0 bridgehead atoms. The number of carbonyl (C=O) groups is 1. The Balaban J connectivity index is 1.73. The Hall–Kier alpha value is -2.28. The lowest BCUT2D eigenvalue weighted by atomic mass is 10.2. The molecule has 0 saturated carbocycles. The zero-order valence-electron chi connectivity index (χ0n) is 10.1. The summed E-state index contributed by atoms with van der Waals surface area (Å²) >= 11 is 1.46. The van der Waals surface area contributed by atoms with Crippen LogP contribution in [-0.4, -0.2) is 15.3 Å². The van der Waals surface area contributed by atoms with Crippen LogP contribution in [0.2, 0.25) is 0 Å². The van der Waals surface area contributed by atoms with Gasteiger partial charge >= 0.3 is 0 Å². The van der Waals surface area contributed by atoms with E-state index in [0.717, 1.165) is 22.8 Å². The van der Waals surface area contributed by atoms with Gasteiger partial charge in [0.15, 0.2) is 16.6 Å². The third-order valence-corrected chi connectivity index (χ3v) is 3.73. The van der Waals surface area contributed by atoms with E-state index in [0.29, 0.717) is 0 Å². The number of amides is 1. The fraction of sp³-hybridized carbons (Fsp3) is 0.0769.